The summed E-state index contributed by atoms with van der Waals surface area (Å²) in [5.41, 5.74) is 3.48. The van der Waals surface area contributed by atoms with Crippen LogP contribution in [0.5, 0.6) is 5.75 Å². The number of benzene rings is 3. The topological polar surface area (TPSA) is 44.1 Å². The zero-order valence-electron chi connectivity index (χ0n) is 16.1. The van der Waals surface area contributed by atoms with Crippen LogP contribution in [0.4, 0.5) is 0 Å². The smallest absolute Gasteiger partial charge is 0.266 e. The second-order valence-electron chi connectivity index (χ2n) is 6.69. The Balaban J connectivity index is 1.88. The molecule has 0 fully saturated rings. The highest BCUT2D eigenvalue weighted by atomic mass is 79.9. The summed E-state index contributed by atoms with van der Waals surface area (Å²) >= 11 is 3.51. The average Bonchev–Trinajstić information content (AvgIpc) is 2.73. The minimum absolute atomic E-state index is 0.0879. The van der Waals surface area contributed by atoms with Crippen LogP contribution in [0.25, 0.3) is 28.7 Å². The fourth-order valence-corrected chi connectivity index (χ4v) is 3.72. The van der Waals surface area contributed by atoms with E-state index >= 15 is 0 Å². The van der Waals surface area contributed by atoms with Gasteiger partial charge >= 0.3 is 0 Å². The van der Waals surface area contributed by atoms with Crippen molar-refractivity contribution in [2.75, 3.05) is 7.11 Å². The van der Waals surface area contributed by atoms with Gasteiger partial charge in [0.1, 0.15) is 11.6 Å². The fraction of sp³-hybridized carbons (Fsp3) is 0.0833. The lowest BCUT2D eigenvalue weighted by Crippen LogP contribution is -2.22. The zero-order valence-corrected chi connectivity index (χ0v) is 17.7. The van der Waals surface area contributed by atoms with E-state index in [0.29, 0.717) is 16.7 Å². The van der Waals surface area contributed by atoms with Gasteiger partial charge in [-0.15, -0.1) is 0 Å². The van der Waals surface area contributed by atoms with Crippen LogP contribution in [0, 0.1) is 6.92 Å². The number of rotatable bonds is 4. The minimum atomic E-state index is -0.0879. The third kappa shape index (κ3) is 3.87. The van der Waals surface area contributed by atoms with Crippen LogP contribution in [-0.2, 0) is 0 Å². The predicted molar refractivity (Wildman–Crippen MR) is 122 cm³/mol. The Labute approximate surface area is 177 Å². The first-order valence-electron chi connectivity index (χ1n) is 9.17. The van der Waals surface area contributed by atoms with Crippen molar-refractivity contribution < 1.29 is 4.74 Å². The van der Waals surface area contributed by atoms with Crippen molar-refractivity contribution in [2.24, 2.45) is 0 Å². The standard InChI is InChI=1S/C24H19BrN2O2/c1-16-7-11-18(12-8-16)27-23(26-21-6-4-3-5-19(21)24(27)28)14-10-17-9-13-22(29-2)20(25)15-17/h3-15H,1-2H3/b14-10+. The Kier molecular flexibility index (Phi) is 5.32. The number of halogens is 1. The van der Waals surface area contributed by atoms with Crippen LogP contribution in [0.1, 0.15) is 17.0 Å². The first-order chi connectivity index (χ1) is 14.1. The number of nitrogens with zero attached hydrogens (tertiary/aromatic N) is 2. The molecule has 0 aliphatic rings. The molecule has 0 bridgehead atoms. The quantitative estimate of drug-likeness (QED) is 0.407. The third-order valence-corrected chi connectivity index (χ3v) is 5.31. The molecular formula is C24H19BrN2O2. The Bertz CT molecular complexity index is 1270. The summed E-state index contributed by atoms with van der Waals surface area (Å²) in [4.78, 5) is 18.0. The minimum Gasteiger partial charge on any atom is -0.496 e. The first kappa shape index (κ1) is 19.2. The molecule has 144 valence electrons. The molecule has 0 N–H and O–H groups in total. The summed E-state index contributed by atoms with van der Waals surface area (Å²) in [6, 6.07) is 21.1. The highest BCUT2D eigenvalue weighted by Crippen LogP contribution is 2.26. The number of para-hydroxylation sites is 1. The molecule has 0 unspecified atom stereocenters. The molecule has 4 aromatic rings. The fourth-order valence-electron chi connectivity index (χ4n) is 3.16. The lowest BCUT2D eigenvalue weighted by Gasteiger charge is -2.12. The second-order valence-corrected chi connectivity index (χ2v) is 7.54. The van der Waals surface area contributed by atoms with Gasteiger partial charge in [0.15, 0.2) is 0 Å². The van der Waals surface area contributed by atoms with E-state index in [0.717, 1.165) is 27.0 Å². The van der Waals surface area contributed by atoms with Crippen molar-refractivity contribution in [3.63, 3.8) is 0 Å². The Morgan fingerprint density at radius 3 is 2.48 bits per heavy atom. The van der Waals surface area contributed by atoms with E-state index < -0.39 is 0 Å². The molecule has 0 saturated carbocycles. The van der Waals surface area contributed by atoms with E-state index in [9.17, 15) is 4.79 Å². The van der Waals surface area contributed by atoms with E-state index in [1.54, 1.807) is 11.7 Å². The monoisotopic (exact) mass is 446 g/mol. The summed E-state index contributed by atoms with van der Waals surface area (Å²) in [6.07, 6.45) is 3.80. The van der Waals surface area contributed by atoms with Gasteiger partial charge in [-0.25, -0.2) is 4.98 Å². The molecule has 0 aliphatic carbocycles. The number of methoxy groups -OCH3 is 1. The molecule has 4 rings (SSSR count). The molecule has 0 aliphatic heterocycles. The number of ether oxygens (including phenoxy) is 1. The van der Waals surface area contributed by atoms with Gasteiger partial charge in [0.2, 0.25) is 0 Å². The molecule has 0 spiro atoms. The average molecular weight is 447 g/mol. The van der Waals surface area contributed by atoms with E-state index in [1.165, 1.54) is 0 Å². The van der Waals surface area contributed by atoms with Crippen LogP contribution in [0.3, 0.4) is 0 Å². The highest BCUT2D eigenvalue weighted by molar-refractivity contribution is 9.10. The molecule has 0 saturated heterocycles. The van der Waals surface area contributed by atoms with E-state index in [1.807, 2.05) is 85.8 Å². The number of aryl methyl sites for hydroxylation is 1. The molecular weight excluding hydrogens is 428 g/mol. The maximum atomic E-state index is 13.2. The zero-order chi connectivity index (χ0) is 20.4. The molecule has 1 aromatic heterocycles. The third-order valence-electron chi connectivity index (χ3n) is 4.69. The van der Waals surface area contributed by atoms with Crippen molar-refractivity contribution in [1.29, 1.82) is 0 Å². The molecule has 0 atom stereocenters. The summed E-state index contributed by atoms with van der Waals surface area (Å²) in [6.45, 7) is 2.02. The molecule has 0 amide bonds. The van der Waals surface area contributed by atoms with Crippen molar-refractivity contribution >= 4 is 39.0 Å². The van der Waals surface area contributed by atoms with Gasteiger partial charge in [0.25, 0.3) is 5.56 Å². The molecule has 0 radical (unpaired) electrons. The lowest BCUT2D eigenvalue weighted by molar-refractivity contribution is 0.412. The maximum Gasteiger partial charge on any atom is 0.266 e. The van der Waals surface area contributed by atoms with Gasteiger partial charge in [0.05, 0.1) is 28.2 Å². The SMILES string of the molecule is COc1ccc(/C=C/c2nc3ccccc3c(=O)n2-c2ccc(C)cc2)cc1Br. The van der Waals surface area contributed by atoms with E-state index in [-0.39, 0.29) is 5.56 Å². The highest BCUT2D eigenvalue weighted by Gasteiger charge is 2.11. The summed E-state index contributed by atoms with van der Waals surface area (Å²) in [7, 11) is 1.63. The summed E-state index contributed by atoms with van der Waals surface area (Å²) in [5, 5.41) is 0.595. The van der Waals surface area contributed by atoms with Crippen LogP contribution in [0.15, 0.2) is 76.0 Å². The molecule has 4 nitrogen and oxygen atoms in total. The normalized spacial score (nSPS) is 11.3. The van der Waals surface area contributed by atoms with Crippen LogP contribution >= 0.6 is 15.9 Å². The molecule has 5 heteroatoms. The van der Waals surface area contributed by atoms with Crippen molar-refractivity contribution in [3.05, 3.63) is 98.5 Å². The van der Waals surface area contributed by atoms with E-state index in [4.69, 9.17) is 9.72 Å². The van der Waals surface area contributed by atoms with Gasteiger partial charge in [-0.2, -0.15) is 0 Å². The lowest BCUT2D eigenvalue weighted by atomic mass is 10.2. The van der Waals surface area contributed by atoms with Gasteiger partial charge in [-0.05, 0) is 70.9 Å². The van der Waals surface area contributed by atoms with Crippen LogP contribution in [0.2, 0.25) is 0 Å². The first-order valence-corrected chi connectivity index (χ1v) is 9.96. The molecule has 3 aromatic carbocycles. The number of fused-ring (bicyclic) bond motifs is 1. The van der Waals surface area contributed by atoms with Gasteiger partial charge in [-0.1, -0.05) is 42.0 Å². The Morgan fingerprint density at radius 1 is 1.00 bits per heavy atom. The summed E-state index contributed by atoms with van der Waals surface area (Å²) in [5.74, 6) is 1.34. The Morgan fingerprint density at radius 2 is 1.76 bits per heavy atom. The second kappa shape index (κ2) is 8.05. The van der Waals surface area contributed by atoms with Gasteiger partial charge in [0, 0.05) is 0 Å². The van der Waals surface area contributed by atoms with Crippen molar-refractivity contribution in [1.82, 2.24) is 9.55 Å². The van der Waals surface area contributed by atoms with E-state index in [2.05, 4.69) is 15.9 Å². The number of hydrogen-bond donors (Lipinski definition) is 0. The van der Waals surface area contributed by atoms with Crippen LogP contribution < -0.4 is 10.3 Å². The maximum absolute atomic E-state index is 13.2. The summed E-state index contributed by atoms with van der Waals surface area (Å²) < 4.78 is 7.80. The van der Waals surface area contributed by atoms with Crippen molar-refractivity contribution in [2.45, 2.75) is 6.92 Å². The number of aromatic nitrogens is 2. The van der Waals surface area contributed by atoms with Crippen LogP contribution in [-0.4, -0.2) is 16.7 Å². The van der Waals surface area contributed by atoms with Gasteiger partial charge < -0.3 is 4.74 Å². The molecule has 1 heterocycles. The predicted octanol–water partition coefficient (Wildman–Crippen LogP) is 5.64. The largest absolute Gasteiger partial charge is 0.496 e. The Hall–Kier alpha value is -3.18. The van der Waals surface area contributed by atoms with Gasteiger partial charge in [-0.3, -0.25) is 9.36 Å². The number of hydrogen-bond acceptors (Lipinski definition) is 3. The molecule has 29 heavy (non-hydrogen) atoms. The van der Waals surface area contributed by atoms with Crippen molar-refractivity contribution in [3.8, 4) is 11.4 Å².